The SMILES string of the molecule is NC(=O)c1cccc2cc(-c3cccc(Br)c3)cnc12. The van der Waals surface area contributed by atoms with Gasteiger partial charge >= 0.3 is 0 Å². The highest BCUT2D eigenvalue weighted by atomic mass is 79.9. The Labute approximate surface area is 124 Å². The number of fused-ring (bicyclic) bond motifs is 1. The van der Waals surface area contributed by atoms with E-state index in [0.29, 0.717) is 11.1 Å². The summed E-state index contributed by atoms with van der Waals surface area (Å²) in [7, 11) is 0. The van der Waals surface area contributed by atoms with Crippen molar-refractivity contribution >= 4 is 32.7 Å². The van der Waals surface area contributed by atoms with E-state index in [-0.39, 0.29) is 0 Å². The fraction of sp³-hybridized carbons (Fsp3) is 0. The lowest BCUT2D eigenvalue weighted by atomic mass is 10.0. The van der Waals surface area contributed by atoms with Gasteiger partial charge in [0.2, 0.25) is 0 Å². The van der Waals surface area contributed by atoms with Gasteiger partial charge in [-0.2, -0.15) is 0 Å². The van der Waals surface area contributed by atoms with Gasteiger partial charge in [0.1, 0.15) is 0 Å². The van der Waals surface area contributed by atoms with Crippen molar-refractivity contribution in [3.63, 3.8) is 0 Å². The van der Waals surface area contributed by atoms with E-state index >= 15 is 0 Å². The highest BCUT2D eigenvalue weighted by molar-refractivity contribution is 9.10. The molecule has 1 heterocycles. The summed E-state index contributed by atoms with van der Waals surface area (Å²) in [6.07, 6.45) is 1.76. The Kier molecular flexibility index (Phi) is 3.24. The van der Waals surface area contributed by atoms with Gasteiger partial charge in [0.05, 0.1) is 11.1 Å². The highest BCUT2D eigenvalue weighted by Crippen LogP contribution is 2.26. The van der Waals surface area contributed by atoms with E-state index in [9.17, 15) is 4.79 Å². The van der Waals surface area contributed by atoms with Crippen LogP contribution in [0.5, 0.6) is 0 Å². The summed E-state index contributed by atoms with van der Waals surface area (Å²) >= 11 is 3.46. The largest absolute Gasteiger partial charge is 0.366 e. The zero-order valence-corrected chi connectivity index (χ0v) is 12.1. The average Bonchev–Trinajstić information content (AvgIpc) is 2.46. The lowest BCUT2D eigenvalue weighted by Gasteiger charge is -2.06. The molecule has 0 aliphatic carbocycles. The van der Waals surface area contributed by atoms with Crippen LogP contribution in [-0.4, -0.2) is 10.9 Å². The van der Waals surface area contributed by atoms with Crippen molar-refractivity contribution in [2.45, 2.75) is 0 Å². The van der Waals surface area contributed by atoms with Crippen molar-refractivity contribution < 1.29 is 4.79 Å². The Morgan fingerprint density at radius 1 is 1.05 bits per heavy atom. The molecular formula is C16H11BrN2O. The normalized spacial score (nSPS) is 10.7. The van der Waals surface area contributed by atoms with E-state index in [4.69, 9.17) is 5.73 Å². The van der Waals surface area contributed by atoms with Crippen LogP contribution in [0.1, 0.15) is 10.4 Å². The zero-order valence-electron chi connectivity index (χ0n) is 10.5. The van der Waals surface area contributed by atoms with E-state index < -0.39 is 5.91 Å². The summed E-state index contributed by atoms with van der Waals surface area (Å²) in [4.78, 5) is 15.8. The Balaban J connectivity index is 2.19. The number of amides is 1. The first kappa shape index (κ1) is 12.8. The van der Waals surface area contributed by atoms with Crippen molar-refractivity contribution in [2.24, 2.45) is 5.73 Å². The van der Waals surface area contributed by atoms with Gasteiger partial charge in [0, 0.05) is 21.6 Å². The van der Waals surface area contributed by atoms with Crippen LogP contribution < -0.4 is 5.73 Å². The van der Waals surface area contributed by atoms with Crippen LogP contribution in [0.3, 0.4) is 0 Å². The number of pyridine rings is 1. The van der Waals surface area contributed by atoms with Crippen molar-refractivity contribution in [3.8, 4) is 11.1 Å². The average molecular weight is 327 g/mol. The van der Waals surface area contributed by atoms with Gasteiger partial charge in [-0.25, -0.2) is 0 Å². The summed E-state index contributed by atoms with van der Waals surface area (Å²) in [5.74, 6) is -0.460. The molecule has 0 spiro atoms. The maximum atomic E-state index is 11.4. The summed E-state index contributed by atoms with van der Waals surface area (Å²) in [5.41, 5.74) is 8.52. The molecule has 0 aliphatic heterocycles. The van der Waals surface area contributed by atoms with Crippen molar-refractivity contribution in [1.29, 1.82) is 0 Å². The summed E-state index contributed by atoms with van der Waals surface area (Å²) < 4.78 is 1.01. The van der Waals surface area contributed by atoms with Crippen LogP contribution in [0.4, 0.5) is 0 Å². The number of carbonyl (C=O) groups is 1. The van der Waals surface area contributed by atoms with Crippen LogP contribution >= 0.6 is 15.9 Å². The molecule has 2 N–H and O–H groups in total. The molecule has 0 fully saturated rings. The quantitative estimate of drug-likeness (QED) is 0.779. The van der Waals surface area contributed by atoms with Crippen molar-refractivity contribution in [2.75, 3.05) is 0 Å². The molecule has 1 aromatic heterocycles. The molecule has 3 nitrogen and oxygen atoms in total. The summed E-state index contributed by atoms with van der Waals surface area (Å²) in [6, 6.07) is 15.4. The Bertz CT molecular complexity index is 814. The minimum Gasteiger partial charge on any atom is -0.366 e. The number of carbonyl (C=O) groups excluding carboxylic acids is 1. The third-order valence-electron chi connectivity index (χ3n) is 3.13. The van der Waals surface area contributed by atoms with Gasteiger partial charge in [0.25, 0.3) is 5.91 Å². The number of benzene rings is 2. The first-order valence-corrected chi connectivity index (χ1v) is 6.89. The molecule has 0 aliphatic rings. The highest BCUT2D eigenvalue weighted by Gasteiger charge is 2.08. The maximum Gasteiger partial charge on any atom is 0.250 e. The number of hydrogen-bond acceptors (Lipinski definition) is 2. The van der Waals surface area contributed by atoms with Crippen molar-refractivity contribution in [1.82, 2.24) is 4.98 Å². The molecule has 3 rings (SSSR count). The predicted octanol–water partition coefficient (Wildman–Crippen LogP) is 3.76. The molecule has 0 bridgehead atoms. The third-order valence-corrected chi connectivity index (χ3v) is 3.63. The number of halogens is 1. The van der Waals surface area contributed by atoms with Crippen molar-refractivity contribution in [3.05, 3.63) is 64.8 Å². The van der Waals surface area contributed by atoms with Gasteiger partial charge in [-0.1, -0.05) is 40.2 Å². The minimum atomic E-state index is -0.460. The number of rotatable bonds is 2. The monoisotopic (exact) mass is 326 g/mol. The molecule has 0 saturated carbocycles. The van der Waals surface area contributed by atoms with Crippen LogP contribution in [-0.2, 0) is 0 Å². The lowest BCUT2D eigenvalue weighted by molar-refractivity contribution is 0.100. The second-order valence-corrected chi connectivity index (χ2v) is 5.39. The second-order valence-electron chi connectivity index (χ2n) is 4.48. The molecule has 0 saturated heterocycles. The topological polar surface area (TPSA) is 56.0 Å². The molecule has 3 aromatic rings. The van der Waals surface area contributed by atoms with E-state index in [1.54, 1.807) is 12.3 Å². The van der Waals surface area contributed by atoms with E-state index in [2.05, 4.69) is 20.9 Å². The zero-order chi connectivity index (χ0) is 14.1. The number of nitrogens with two attached hydrogens (primary N) is 1. The van der Waals surface area contributed by atoms with Gasteiger partial charge in [-0.15, -0.1) is 0 Å². The van der Waals surface area contributed by atoms with Gasteiger partial charge in [-0.05, 0) is 29.8 Å². The van der Waals surface area contributed by atoms with Gasteiger partial charge in [-0.3, -0.25) is 9.78 Å². The Morgan fingerprint density at radius 3 is 2.60 bits per heavy atom. The van der Waals surface area contributed by atoms with Crippen LogP contribution in [0.2, 0.25) is 0 Å². The summed E-state index contributed by atoms with van der Waals surface area (Å²) in [5, 5.41) is 0.902. The molecule has 4 heteroatoms. The van der Waals surface area contributed by atoms with Crippen LogP contribution in [0.15, 0.2) is 59.2 Å². The molecule has 0 atom stereocenters. The smallest absolute Gasteiger partial charge is 0.250 e. The molecule has 2 aromatic carbocycles. The van der Waals surface area contributed by atoms with Crippen LogP contribution in [0, 0.1) is 0 Å². The standard InChI is InChI=1S/C16H11BrN2O/c17-13-5-1-3-10(8-13)12-7-11-4-2-6-14(16(18)20)15(11)19-9-12/h1-9H,(H2,18,20). The van der Waals surface area contributed by atoms with E-state index in [0.717, 1.165) is 21.0 Å². The van der Waals surface area contributed by atoms with Gasteiger partial charge in [0.15, 0.2) is 0 Å². The first-order valence-electron chi connectivity index (χ1n) is 6.09. The third kappa shape index (κ3) is 2.30. The number of primary amides is 1. The molecule has 0 unspecified atom stereocenters. The Hall–Kier alpha value is -2.20. The Morgan fingerprint density at radius 2 is 1.85 bits per heavy atom. The van der Waals surface area contributed by atoms with E-state index in [1.165, 1.54) is 0 Å². The molecule has 1 amide bonds. The molecule has 20 heavy (non-hydrogen) atoms. The lowest BCUT2D eigenvalue weighted by Crippen LogP contribution is -2.11. The fourth-order valence-electron chi connectivity index (χ4n) is 2.19. The maximum absolute atomic E-state index is 11.4. The minimum absolute atomic E-state index is 0.447. The molecule has 0 radical (unpaired) electrons. The first-order chi connectivity index (χ1) is 9.65. The van der Waals surface area contributed by atoms with Gasteiger partial charge < -0.3 is 5.73 Å². The number of para-hydroxylation sites is 1. The number of nitrogens with zero attached hydrogens (tertiary/aromatic N) is 1. The predicted molar refractivity (Wildman–Crippen MR) is 83.4 cm³/mol. The van der Waals surface area contributed by atoms with Crippen LogP contribution in [0.25, 0.3) is 22.0 Å². The summed E-state index contributed by atoms with van der Waals surface area (Å²) in [6.45, 7) is 0. The second kappa shape index (κ2) is 5.06. The molecule has 98 valence electrons. The molecular weight excluding hydrogens is 316 g/mol. The number of aromatic nitrogens is 1. The van der Waals surface area contributed by atoms with E-state index in [1.807, 2.05) is 42.5 Å². The fourth-order valence-corrected chi connectivity index (χ4v) is 2.58. The number of hydrogen-bond donors (Lipinski definition) is 1.